The van der Waals surface area contributed by atoms with Crippen molar-refractivity contribution in [2.45, 2.75) is 20.0 Å². The van der Waals surface area contributed by atoms with E-state index < -0.39 is 6.10 Å². The molecule has 2 fully saturated rings. The predicted molar refractivity (Wildman–Crippen MR) is 92.5 cm³/mol. The van der Waals surface area contributed by atoms with Crippen LogP contribution in [0.1, 0.15) is 12.6 Å². The van der Waals surface area contributed by atoms with E-state index in [9.17, 15) is 4.79 Å². The average Bonchev–Trinajstić information content (AvgIpc) is 2.64. The summed E-state index contributed by atoms with van der Waals surface area (Å²) in [7, 11) is 0. The Balaban J connectivity index is 1.63. The number of nitrogens with zero attached hydrogens (tertiary/aromatic N) is 3. The Kier molecular flexibility index (Phi) is 5.65. The van der Waals surface area contributed by atoms with E-state index in [1.165, 1.54) is 0 Å². The Morgan fingerprint density at radius 1 is 1.29 bits per heavy atom. The van der Waals surface area contributed by atoms with Gasteiger partial charge in [-0.1, -0.05) is 6.92 Å². The van der Waals surface area contributed by atoms with Gasteiger partial charge in [0.1, 0.15) is 11.9 Å². The van der Waals surface area contributed by atoms with E-state index >= 15 is 0 Å². The predicted octanol–water partition coefficient (Wildman–Crippen LogP) is 0.886. The van der Waals surface area contributed by atoms with E-state index in [1.807, 2.05) is 19.1 Å². The second-order valence-corrected chi connectivity index (χ2v) is 6.14. The number of ether oxygens (including phenoxy) is 2. The molecule has 2 aliphatic rings. The maximum atomic E-state index is 12.5. The van der Waals surface area contributed by atoms with Crippen LogP contribution in [0.2, 0.25) is 0 Å². The lowest BCUT2D eigenvalue weighted by molar-refractivity contribution is -0.132. The summed E-state index contributed by atoms with van der Waals surface area (Å²) in [4.78, 5) is 21.5. The molecule has 2 aliphatic heterocycles. The number of rotatable bonds is 4. The van der Waals surface area contributed by atoms with Gasteiger partial charge in [0.05, 0.1) is 31.2 Å². The van der Waals surface area contributed by atoms with Crippen LogP contribution in [0.3, 0.4) is 0 Å². The quantitative estimate of drug-likeness (QED) is 0.882. The number of morpholine rings is 2. The van der Waals surface area contributed by atoms with Gasteiger partial charge in [-0.15, -0.1) is 0 Å². The third kappa shape index (κ3) is 4.03. The number of aryl methyl sites for hydroxylation is 1. The van der Waals surface area contributed by atoms with Crippen LogP contribution in [0, 0.1) is 6.92 Å². The lowest BCUT2D eigenvalue weighted by Gasteiger charge is -2.31. The highest BCUT2D eigenvalue weighted by molar-refractivity contribution is 5.95. The Hall–Kier alpha value is -1.70. The Morgan fingerprint density at radius 3 is 2.79 bits per heavy atom. The number of amides is 1. The maximum absolute atomic E-state index is 12.5. The molecule has 1 N–H and O–H groups in total. The number of likely N-dealkylation sites (N-methyl/N-ethyl adjacent to an activating group) is 1. The number of carbonyl (C=O) groups excluding carboxylic acids is 1. The summed E-state index contributed by atoms with van der Waals surface area (Å²) in [6, 6.07) is 3.87. The molecule has 1 aromatic heterocycles. The fourth-order valence-electron chi connectivity index (χ4n) is 3.01. The first kappa shape index (κ1) is 17.1. The average molecular weight is 334 g/mol. The molecule has 0 radical (unpaired) electrons. The zero-order valence-electron chi connectivity index (χ0n) is 14.5. The molecule has 0 spiro atoms. The van der Waals surface area contributed by atoms with Gasteiger partial charge in [-0.3, -0.25) is 9.69 Å². The number of pyridine rings is 1. The standard InChI is InChI=1S/C17H26N4O3/c1-3-20-6-11-24-15(12-20)17(22)19-14-4-5-16(18-13(14)2)21-7-9-23-10-8-21/h4-5,15H,3,6-12H2,1-2H3,(H,19,22). The molecule has 0 aromatic carbocycles. The SMILES string of the molecule is CCN1CCOC(C(=O)Nc2ccc(N3CCOCC3)nc2C)C1. The molecule has 7 nitrogen and oxygen atoms in total. The van der Waals surface area contributed by atoms with Crippen molar-refractivity contribution in [2.24, 2.45) is 0 Å². The summed E-state index contributed by atoms with van der Waals surface area (Å²) < 4.78 is 11.0. The van der Waals surface area contributed by atoms with Gasteiger partial charge in [-0.05, 0) is 25.6 Å². The third-order valence-corrected chi connectivity index (χ3v) is 4.55. The van der Waals surface area contributed by atoms with Crippen LogP contribution in [-0.2, 0) is 14.3 Å². The number of carbonyl (C=O) groups is 1. The highest BCUT2D eigenvalue weighted by atomic mass is 16.5. The van der Waals surface area contributed by atoms with E-state index in [0.717, 1.165) is 56.6 Å². The smallest absolute Gasteiger partial charge is 0.254 e. The van der Waals surface area contributed by atoms with Crippen LogP contribution < -0.4 is 10.2 Å². The van der Waals surface area contributed by atoms with Crippen LogP contribution in [0.5, 0.6) is 0 Å². The number of anilines is 2. The first-order valence-electron chi connectivity index (χ1n) is 8.62. The monoisotopic (exact) mass is 334 g/mol. The molecule has 3 rings (SSSR count). The molecule has 0 saturated carbocycles. The van der Waals surface area contributed by atoms with Crippen LogP contribution in [0.25, 0.3) is 0 Å². The van der Waals surface area contributed by atoms with E-state index in [0.29, 0.717) is 13.2 Å². The van der Waals surface area contributed by atoms with E-state index in [1.54, 1.807) is 0 Å². The Morgan fingerprint density at radius 2 is 2.08 bits per heavy atom. The van der Waals surface area contributed by atoms with Gasteiger partial charge in [0.25, 0.3) is 5.91 Å². The summed E-state index contributed by atoms with van der Waals surface area (Å²) >= 11 is 0. The van der Waals surface area contributed by atoms with Gasteiger partial charge in [0.15, 0.2) is 0 Å². The van der Waals surface area contributed by atoms with Gasteiger partial charge in [0, 0.05) is 26.2 Å². The van der Waals surface area contributed by atoms with E-state index in [4.69, 9.17) is 9.47 Å². The molecule has 7 heteroatoms. The minimum Gasteiger partial charge on any atom is -0.378 e. The zero-order chi connectivity index (χ0) is 16.9. The number of nitrogens with one attached hydrogen (secondary N) is 1. The van der Waals surface area contributed by atoms with Crippen molar-refractivity contribution in [3.63, 3.8) is 0 Å². The van der Waals surface area contributed by atoms with Crippen LogP contribution in [0.4, 0.5) is 11.5 Å². The van der Waals surface area contributed by atoms with Crippen LogP contribution >= 0.6 is 0 Å². The summed E-state index contributed by atoms with van der Waals surface area (Å²) in [6.07, 6.45) is -0.419. The minimum absolute atomic E-state index is 0.0998. The lowest BCUT2D eigenvalue weighted by atomic mass is 10.2. The normalized spacial score (nSPS) is 22.4. The molecule has 24 heavy (non-hydrogen) atoms. The largest absolute Gasteiger partial charge is 0.378 e. The van der Waals surface area contributed by atoms with Gasteiger partial charge in [-0.2, -0.15) is 0 Å². The summed E-state index contributed by atoms with van der Waals surface area (Å²) in [6.45, 7) is 10.2. The zero-order valence-corrected chi connectivity index (χ0v) is 14.5. The fourth-order valence-corrected chi connectivity index (χ4v) is 3.01. The topological polar surface area (TPSA) is 66.9 Å². The van der Waals surface area contributed by atoms with Crippen molar-refractivity contribution in [3.8, 4) is 0 Å². The summed E-state index contributed by atoms with van der Waals surface area (Å²) in [5.41, 5.74) is 1.56. The molecule has 1 aromatic rings. The maximum Gasteiger partial charge on any atom is 0.254 e. The van der Waals surface area contributed by atoms with Gasteiger partial charge in [-0.25, -0.2) is 4.98 Å². The molecule has 1 atom stereocenters. The number of hydrogen-bond donors (Lipinski definition) is 1. The minimum atomic E-state index is -0.419. The molecule has 0 bridgehead atoms. The molecule has 1 amide bonds. The Bertz CT molecular complexity index is 575. The Labute approximate surface area is 142 Å². The molecular weight excluding hydrogens is 308 g/mol. The van der Waals surface area contributed by atoms with Gasteiger partial charge in [0.2, 0.25) is 0 Å². The van der Waals surface area contributed by atoms with Crippen LogP contribution in [0.15, 0.2) is 12.1 Å². The molecule has 132 valence electrons. The lowest BCUT2D eigenvalue weighted by Crippen LogP contribution is -2.47. The van der Waals surface area contributed by atoms with Crippen molar-refractivity contribution in [2.75, 3.05) is 62.8 Å². The fraction of sp³-hybridized carbons (Fsp3) is 0.647. The van der Waals surface area contributed by atoms with Crippen molar-refractivity contribution in [3.05, 3.63) is 17.8 Å². The third-order valence-electron chi connectivity index (χ3n) is 4.55. The van der Waals surface area contributed by atoms with Gasteiger partial charge < -0.3 is 19.7 Å². The van der Waals surface area contributed by atoms with Crippen molar-refractivity contribution >= 4 is 17.4 Å². The van der Waals surface area contributed by atoms with E-state index in [-0.39, 0.29) is 5.91 Å². The van der Waals surface area contributed by atoms with Crippen molar-refractivity contribution in [1.29, 1.82) is 0 Å². The number of aromatic nitrogens is 1. The molecular formula is C17H26N4O3. The first-order chi connectivity index (χ1) is 11.7. The first-order valence-corrected chi connectivity index (χ1v) is 8.62. The highest BCUT2D eigenvalue weighted by Gasteiger charge is 2.26. The second-order valence-electron chi connectivity index (χ2n) is 6.14. The van der Waals surface area contributed by atoms with Crippen molar-refractivity contribution in [1.82, 2.24) is 9.88 Å². The number of hydrogen-bond acceptors (Lipinski definition) is 6. The highest BCUT2D eigenvalue weighted by Crippen LogP contribution is 2.20. The molecule has 2 saturated heterocycles. The van der Waals surface area contributed by atoms with Gasteiger partial charge >= 0.3 is 0 Å². The summed E-state index contributed by atoms with van der Waals surface area (Å²) in [5, 5.41) is 2.96. The van der Waals surface area contributed by atoms with E-state index in [2.05, 4.69) is 27.0 Å². The molecule has 0 aliphatic carbocycles. The van der Waals surface area contributed by atoms with Crippen LogP contribution in [-0.4, -0.2) is 74.4 Å². The molecule has 3 heterocycles. The molecule has 1 unspecified atom stereocenters. The van der Waals surface area contributed by atoms with Crippen molar-refractivity contribution < 1.29 is 14.3 Å². The second kappa shape index (κ2) is 7.92. The summed E-state index contributed by atoms with van der Waals surface area (Å²) in [5.74, 6) is 0.831.